The number of fused-ring (bicyclic) bond motifs is 1. The van der Waals surface area contributed by atoms with E-state index in [9.17, 15) is 19.1 Å². The average molecular weight is 429 g/mol. The molecule has 0 unspecified atom stereocenters. The summed E-state index contributed by atoms with van der Waals surface area (Å²) in [6, 6.07) is 6.96. The second-order valence-corrected chi connectivity index (χ2v) is 8.57. The van der Waals surface area contributed by atoms with Gasteiger partial charge >= 0.3 is 0 Å². The minimum absolute atomic E-state index is 0.137. The monoisotopic (exact) mass is 429 g/mol. The molecule has 0 bridgehead atoms. The summed E-state index contributed by atoms with van der Waals surface area (Å²) in [6.07, 6.45) is -0.336. The Bertz CT molecular complexity index is 1220. The van der Waals surface area contributed by atoms with E-state index in [1.807, 2.05) is 40.0 Å². The summed E-state index contributed by atoms with van der Waals surface area (Å²) in [5.41, 5.74) is 6.74. The van der Waals surface area contributed by atoms with Crippen molar-refractivity contribution < 1.29 is 19.1 Å². The van der Waals surface area contributed by atoms with Crippen molar-refractivity contribution in [3.8, 4) is 11.3 Å². The third-order valence-corrected chi connectivity index (χ3v) is 6.67. The maximum atomic E-state index is 14.6. The number of para-hydroxylation sites is 1. The number of aliphatic hydroxyl groups is 1. The maximum Gasteiger partial charge on any atom is 0.245 e. The molecule has 0 saturated carbocycles. The molecule has 2 aromatic carbocycles. The zero-order valence-electron chi connectivity index (χ0n) is 18.7. The summed E-state index contributed by atoms with van der Waals surface area (Å²) in [6.45, 7) is 0.137. The van der Waals surface area contributed by atoms with Gasteiger partial charge in [-0.2, -0.15) is 0 Å². The van der Waals surface area contributed by atoms with Crippen LogP contribution in [0.3, 0.4) is 0 Å². The third-order valence-electron chi connectivity index (χ3n) is 6.67. The van der Waals surface area contributed by atoms with Crippen LogP contribution in [-0.4, -0.2) is 72.0 Å². The van der Waals surface area contributed by atoms with Gasteiger partial charge < -0.3 is 20.7 Å². The number of hydrogen-bond donors (Lipinski definition) is 4. The summed E-state index contributed by atoms with van der Waals surface area (Å²) >= 11 is 0. The Morgan fingerprint density at radius 1 is 1.12 bits per heavy atom. The van der Waals surface area contributed by atoms with Gasteiger partial charge in [-0.1, -0.05) is 40.1 Å². The molecule has 1 fully saturated rings. The van der Waals surface area contributed by atoms with E-state index in [1.165, 1.54) is 0 Å². The van der Waals surface area contributed by atoms with Gasteiger partial charge in [0.15, 0.2) is 0 Å². The number of nitrogens with one attached hydrogen (secondary N) is 3. The molecule has 4 N–H and O–H groups in total. The highest BCUT2D eigenvalue weighted by molar-refractivity contribution is 6.59. The fraction of sp³-hybridized carbons (Fsp3) is 0.238. The SMILES string of the molecule is Bc1c(B)c(-c2[nH]c3ccccc3c2CCC(=O)N[C@H]2C(=O)NC[C@@H]2O)c(B)c(B)c1F. The minimum atomic E-state index is -0.925. The van der Waals surface area contributed by atoms with E-state index in [0.29, 0.717) is 17.3 Å². The Hall–Kier alpha value is -2.93. The van der Waals surface area contributed by atoms with E-state index in [0.717, 1.165) is 38.6 Å². The zero-order chi connectivity index (χ0) is 23.2. The fourth-order valence-corrected chi connectivity index (χ4v) is 4.57. The molecule has 0 aliphatic carbocycles. The summed E-state index contributed by atoms with van der Waals surface area (Å²) in [7, 11) is 7.41. The van der Waals surface area contributed by atoms with Crippen molar-refractivity contribution in [2.75, 3.05) is 6.54 Å². The van der Waals surface area contributed by atoms with Crippen LogP contribution in [-0.2, 0) is 16.0 Å². The van der Waals surface area contributed by atoms with Gasteiger partial charge in [0, 0.05) is 29.6 Å². The second-order valence-electron chi connectivity index (χ2n) is 8.57. The Morgan fingerprint density at radius 3 is 2.41 bits per heavy atom. The van der Waals surface area contributed by atoms with Crippen LogP contribution in [0.25, 0.3) is 22.2 Å². The topological polar surface area (TPSA) is 94.2 Å². The molecule has 2 atom stereocenters. The number of β-amino-alcohol motifs (C(OH)–C–C–N with tert-alkyl or cyclic N) is 1. The number of aromatic nitrogens is 1. The van der Waals surface area contributed by atoms with Crippen molar-refractivity contribution in [2.24, 2.45) is 0 Å². The lowest BCUT2D eigenvalue weighted by Gasteiger charge is -2.19. The van der Waals surface area contributed by atoms with Crippen LogP contribution < -0.4 is 32.5 Å². The van der Waals surface area contributed by atoms with E-state index in [1.54, 1.807) is 15.7 Å². The fourth-order valence-electron chi connectivity index (χ4n) is 4.57. The molecule has 32 heavy (non-hydrogen) atoms. The number of halogens is 1. The number of carbonyl (C=O) groups is 2. The molecular weight excluding hydrogens is 404 g/mol. The average Bonchev–Trinajstić information content (AvgIpc) is 3.29. The summed E-state index contributed by atoms with van der Waals surface area (Å²) < 4.78 is 14.6. The molecule has 4 rings (SSSR count). The molecule has 6 nitrogen and oxygen atoms in total. The van der Waals surface area contributed by atoms with E-state index in [2.05, 4.69) is 15.6 Å². The highest BCUT2D eigenvalue weighted by Crippen LogP contribution is 2.29. The predicted octanol–water partition coefficient (Wildman–Crippen LogP) is -5.08. The van der Waals surface area contributed by atoms with E-state index in [4.69, 9.17) is 0 Å². The molecular formula is C21H24B4FN3O3. The zero-order valence-corrected chi connectivity index (χ0v) is 18.7. The second kappa shape index (κ2) is 8.54. The van der Waals surface area contributed by atoms with Crippen LogP contribution in [0.15, 0.2) is 24.3 Å². The number of benzene rings is 2. The molecule has 1 aliphatic rings. The molecule has 0 spiro atoms. The lowest BCUT2D eigenvalue weighted by molar-refractivity contribution is -0.128. The number of carbonyl (C=O) groups excluding carboxylic acids is 2. The van der Waals surface area contributed by atoms with Crippen LogP contribution in [0.2, 0.25) is 0 Å². The summed E-state index contributed by atoms with van der Waals surface area (Å²) in [5, 5.41) is 16.1. The molecule has 0 radical (unpaired) electrons. The lowest BCUT2D eigenvalue weighted by Crippen LogP contribution is -2.46. The molecule has 11 heteroatoms. The highest BCUT2D eigenvalue weighted by Gasteiger charge is 2.34. The Labute approximate surface area is 189 Å². The number of rotatable bonds is 5. The van der Waals surface area contributed by atoms with Crippen molar-refractivity contribution >= 4 is 76.0 Å². The van der Waals surface area contributed by atoms with Crippen molar-refractivity contribution in [1.29, 1.82) is 0 Å². The van der Waals surface area contributed by atoms with Gasteiger partial charge in [0.05, 0.1) is 0 Å². The summed E-state index contributed by atoms with van der Waals surface area (Å²) in [4.78, 5) is 27.9. The third kappa shape index (κ3) is 3.75. The van der Waals surface area contributed by atoms with Crippen molar-refractivity contribution in [2.45, 2.75) is 25.0 Å². The molecule has 1 saturated heterocycles. The van der Waals surface area contributed by atoms with Crippen molar-refractivity contribution in [3.63, 3.8) is 0 Å². The van der Waals surface area contributed by atoms with Crippen LogP contribution in [0, 0.1) is 5.82 Å². The van der Waals surface area contributed by atoms with E-state index < -0.39 is 12.1 Å². The summed E-state index contributed by atoms with van der Waals surface area (Å²) in [5.74, 6) is -0.862. The molecule has 1 aliphatic heterocycles. The van der Waals surface area contributed by atoms with Gasteiger partial charge in [-0.15, -0.1) is 0 Å². The largest absolute Gasteiger partial charge is 0.389 e. The molecule has 1 aromatic heterocycles. The normalized spacial score (nSPS) is 18.1. The number of aryl methyl sites for hydroxylation is 1. The van der Waals surface area contributed by atoms with Crippen LogP contribution in [0.1, 0.15) is 12.0 Å². The first-order chi connectivity index (χ1) is 15.2. The van der Waals surface area contributed by atoms with Crippen LogP contribution in [0.4, 0.5) is 4.39 Å². The lowest BCUT2D eigenvalue weighted by atomic mass is 9.66. The van der Waals surface area contributed by atoms with Gasteiger partial charge in [0.25, 0.3) is 0 Å². The highest BCUT2D eigenvalue weighted by atomic mass is 19.1. The number of H-pyrrole nitrogens is 1. The number of hydrogen-bond acceptors (Lipinski definition) is 3. The molecule has 3 aromatic rings. The number of aromatic amines is 1. The van der Waals surface area contributed by atoms with Gasteiger partial charge in [-0.05, 0) is 23.6 Å². The minimum Gasteiger partial charge on any atom is -0.389 e. The van der Waals surface area contributed by atoms with Crippen LogP contribution in [0.5, 0.6) is 0 Å². The van der Waals surface area contributed by atoms with Crippen molar-refractivity contribution in [3.05, 3.63) is 35.6 Å². The van der Waals surface area contributed by atoms with Gasteiger partial charge in [0.1, 0.15) is 49.3 Å². The smallest absolute Gasteiger partial charge is 0.245 e. The van der Waals surface area contributed by atoms with E-state index >= 15 is 0 Å². The van der Waals surface area contributed by atoms with Gasteiger partial charge in [-0.25, -0.2) is 4.39 Å². The van der Waals surface area contributed by atoms with Crippen molar-refractivity contribution in [1.82, 2.24) is 15.6 Å². The first-order valence-electron chi connectivity index (χ1n) is 10.8. The Morgan fingerprint density at radius 2 is 1.78 bits per heavy atom. The molecule has 2 heterocycles. The van der Waals surface area contributed by atoms with Gasteiger partial charge in [-0.3, -0.25) is 9.59 Å². The number of amides is 2. The first kappa shape index (κ1) is 22.3. The Balaban J connectivity index is 1.71. The van der Waals surface area contributed by atoms with Gasteiger partial charge in [0.2, 0.25) is 11.8 Å². The first-order valence-corrected chi connectivity index (χ1v) is 10.8. The standard InChI is InChI=1S/C21H24B4FN3O3/c22-14-13(15(23)17(25)18(26)16(14)24)19-9(8-3-1-2-4-10(8)28-19)5-6-12(31)29-20-11(30)7-27-21(20)32/h1-4,11,20,28,30H,5-7,22-25H2,(H,27,32)(H,29,31)/t11-,20+/m0/s1. The number of aliphatic hydroxyl groups excluding tert-OH is 1. The maximum absolute atomic E-state index is 14.6. The quantitative estimate of drug-likeness (QED) is 0.306. The van der Waals surface area contributed by atoms with Crippen LogP contribution >= 0.6 is 0 Å². The predicted molar refractivity (Wildman–Crippen MR) is 136 cm³/mol. The van der Waals surface area contributed by atoms with E-state index in [-0.39, 0.29) is 30.6 Å². The molecule has 2 amide bonds. The Kier molecular flexibility index (Phi) is 5.95. The molecule has 160 valence electrons.